The van der Waals surface area contributed by atoms with Crippen LogP contribution in [0.1, 0.15) is 29.8 Å². The Morgan fingerprint density at radius 2 is 2.19 bits per heavy atom. The van der Waals surface area contributed by atoms with E-state index >= 15 is 0 Å². The summed E-state index contributed by atoms with van der Waals surface area (Å²) < 4.78 is 21.1. The van der Waals surface area contributed by atoms with Crippen molar-refractivity contribution in [3.05, 3.63) is 40.0 Å². The number of aryl methyl sites for hydroxylation is 1. The van der Waals surface area contributed by atoms with E-state index in [9.17, 15) is 4.39 Å². The van der Waals surface area contributed by atoms with E-state index in [2.05, 4.69) is 31.1 Å². The van der Waals surface area contributed by atoms with E-state index in [0.717, 1.165) is 0 Å². The molecule has 21 heavy (non-hydrogen) atoms. The van der Waals surface area contributed by atoms with Gasteiger partial charge in [0, 0.05) is 6.07 Å². The quantitative estimate of drug-likeness (QED) is 0.652. The average molecular weight is 374 g/mol. The number of alkyl halides is 1. The van der Waals surface area contributed by atoms with Crippen LogP contribution in [0.15, 0.2) is 21.1 Å². The topological polar surface area (TPSA) is 56.7 Å². The first-order valence-electron chi connectivity index (χ1n) is 6.24. The molecule has 1 aromatic carbocycles. The predicted octanol–water partition coefficient (Wildman–Crippen LogP) is 3.98. The van der Waals surface area contributed by atoms with Crippen LogP contribution in [0.3, 0.4) is 0 Å². The van der Waals surface area contributed by atoms with Gasteiger partial charge in [0.25, 0.3) is 0 Å². The Hall–Kier alpha value is -1.47. The van der Waals surface area contributed by atoms with Gasteiger partial charge in [0.1, 0.15) is 18.2 Å². The van der Waals surface area contributed by atoms with Crippen LogP contribution in [0.25, 0.3) is 11.0 Å². The van der Waals surface area contributed by atoms with E-state index in [1.807, 2.05) is 6.92 Å². The molecule has 0 amide bonds. The summed E-state index contributed by atoms with van der Waals surface area (Å²) in [4.78, 5) is 8.62. The lowest BCUT2D eigenvalue weighted by Gasteiger charge is -2.07. The van der Waals surface area contributed by atoms with Crippen molar-refractivity contribution in [2.24, 2.45) is 0 Å². The van der Waals surface area contributed by atoms with Gasteiger partial charge in [-0.15, -0.1) is 11.6 Å². The molecule has 0 aliphatic heterocycles. The van der Waals surface area contributed by atoms with E-state index in [-0.39, 0.29) is 11.2 Å². The fourth-order valence-electron chi connectivity index (χ4n) is 2.15. The minimum Gasteiger partial charge on any atom is -0.337 e. The van der Waals surface area contributed by atoms with Crippen molar-refractivity contribution in [2.75, 3.05) is 0 Å². The van der Waals surface area contributed by atoms with Gasteiger partial charge in [-0.05, 0) is 35.8 Å². The molecule has 5 nitrogen and oxygen atoms in total. The number of fused-ring (bicyclic) bond motifs is 1. The van der Waals surface area contributed by atoms with Gasteiger partial charge in [-0.3, -0.25) is 0 Å². The highest BCUT2D eigenvalue weighted by Crippen LogP contribution is 2.28. The van der Waals surface area contributed by atoms with Crippen LogP contribution in [0.5, 0.6) is 0 Å². The highest BCUT2D eigenvalue weighted by Gasteiger charge is 2.18. The molecule has 0 spiro atoms. The lowest BCUT2D eigenvalue weighted by molar-refractivity contribution is 0.367. The minimum absolute atomic E-state index is 0.296. The molecule has 0 aliphatic rings. The van der Waals surface area contributed by atoms with Gasteiger partial charge < -0.3 is 9.09 Å². The number of nitrogens with zero attached hydrogens (tertiary/aromatic N) is 4. The monoisotopic (exact) mass is 372 g/mol. The van der Waals surface area contributed by atoms with Crippen molar-refractivity contribution >= 4 is 38.6 Å². The Bertz CT molecular complexity index is 814. The second-order valence-electron chi connectivity index (χ2n) is 4.66. The molecule has 3 rings (SSSR count). The van der Waals surface area contributed by atoms with Crippen molar-refractivity contribution < 1.29 is 8.91 Å². The first-order valence-corrected chi connectivity index (χ1v) is 7.47. The third-order valence-corrected chi connectivity index (χ3v) is 3.84. The summed E-state index contributed by atoms with van der Waals surface area (Å²) in [6, 6.07) is 3.04. The smallest absolute Gasteiger partial charge is 0.246 e. The Morgan fingerprint density at radius 1 is 1.43 bits per heavy atom. The zero-order chi connectivity index (χ0) is 15.1. The molecule has 8 heteroatoms. The lowest BCUT2D eigenvalue weighted by atomic mass is 10.3. The summed E-state index contributed by atoms with van der Waals surface area (Å²) in [6.07, 6.45) is 0. The van der Waals surface area contributed by atoms with Crippen molar-refractivity contribution in [1.82, 2.24) is 19.7 Å². The summed E-state index contributed by atoms with van der Waals surface area (Å²) in [7, 11) is 0. The second kappa shape index (κ2) is 5.38. The summed E-state index contributed by atoms with van der Waals surface area (Å²) in [5, 5.41) is 3.42. The number of aromatic nitrogens is 4. The zero-order valence-electron chi connectivity index (χ0n) is 11.3. The first-order chi connectivity index (χ1) is 9.95. The van der Waals surface area contributed by atoms with Gasteiger partial charge >= 0.3 is 0 Å². The van der Waals surface area contributed by atoms with Crippen LogP contribution in [-0.2, 0) is 6.54 Å². The van der Waals surface area contributed by atoms with Crippen LogP contribution < -0.4 is 0 Å². The number of hydrogen-bond donors (Lipinski definition) is 0. The molecule has 2 heterocycles. The van der Waals surface area contributed by atoms with Crippen molar-refractivity contribution in [1.29, 1.82) is 0 Å². The molecule has 0 saturated heterocycles. The minimum atomic E-state index is -0.362. The first kappa shape index (κ1) is 14.5. The third-order valence-electron chi connectivity index (χ3n) is 3.04. The van der Waals surface area contributed by atoms with E-state index in [0.29, 0.717) is 39.6 Å². The molecule has 3 aromatic rings. The molecule has 0 N–H and O–H groups in total. The fourth-order valence-corrected chi connectivity index (χ4v) is 2.65. The number of rotatable bonds is 3. The van der Waals surface area contributed by atoms with E-state index in [1.54, 1.807) is 17.6 Å². The van der Waals surface area contributed by atoms with Gasteiger partial charge in [0.2, 0.25) is 5.89 Å². The molecule has 1 atom stereocenters. The molecule has 0 saturated carbocycles. The normalized spacial score (nSPS) is 13.0. The maximum atomic E-state index is 13.8. The molecule has 1 unspecified atom stereocenters. The van der Waals surface area contributed by atoms with Crippen LogP contribution >= 0.6 is 27.5 Å². The number of imidazole rings is 1. The number of benzene rings is 1. The predicted molar refractivity (Wildman–Crippen MR) is 79.8 cm³/mol. The Morgan fingerprint density at radius 3 is 2.81 bits per heavy atom. The van der Waals surface area contributed by atoms with Crippen molar-refractivity contribution in [3.8, 4) is 0 Å². The maximum Gasteiger partial charge on any atom is 0.246 e. The molecule has 0 bridgehead atoms. The fraction of sp³-hybridized carbons (Fsp3) is 0.308. The van der Waals surface area contributed by atoms with Crippen LogP contribution in [-0.4, -0.2) is 19.7 Å². The largest absolute Gasteiger partial charge is 0.337 e. The van der Waals surface area contributed by atoms with Crippen LogP contribution in [0.2, 0.25) is 0 Å². The second-order valence-corrected chi connectivity index (χ2v) is 6.17. The maximum absolute atomic E-state index is 13.8. The molecule has 110 valence electrons. The van der Waals surface area contributed by atoms with E-state index < -0.39 is 0 Å². The number of halogens is 3. The molecular weight excluding hydrogens is 363 g/mol. The summed E-state index contributed by atoms with van der Waals surface area (Å²) in [5.74, 6) is 1.23. The molecular formula is C13H11BrClFN4O. The van der Waals surface area contributed by atoms with Crippen molar-refractivity contribution in [2.45, 2.75) is 25.8 Å². The average Bonchev–Trinajstić information content (AvgIpc) is 2.96. The highest BCUT2D eigenvalue weighted by molar-refractivity contribution is 9.10. The molecule has 0 fully saturated rings. The van der Waals surface area contributed by atoms with Gasteiger partial charge in [0.05, 0.1) is 20.9 Å². The summed E-state index contributed by atoms with van der Waals surface area (Å²) >= 11 is 9.33. The van der Waals surface area contributed by atoms with Crippen molar-refractivity contribution in [3.63, 3.8) is 0 Å². The zero-order valence-corrected chi connectivity index (χ0v) is 13.6. The Kier molecular flexibility index (Phi) is 3.71. The van der Waals surface area contributed by atoms with Gasteiger partial charge in [-0.25, -0.2) is 9.37 Å². The number of hydrogen-bond acceptors (Lipinski definition) is 4. The lowest BCUT2D eigenvalue weighted by Crippen LogP contribution is -2.06. The third kappa shape index (κ3) is 2.67. The Balaban J connectivity index is 2.17. The summed E-state index contributed by atoms with van der Waals surface area (Å²) in [6.45, 7) is 3.84. The molecule has 2 aromatic heterocycles. The van der Waals surface area contributed by atoms with Gasteiger partial charge in [-0.2, -0.15) is 4.98 Å². The Labute approximate surface area is 133 Å². The highest BCUT2D eigenvalue weighted by atomic mass is 79.9. The molecule has 0 radical (unpaired) electrons. The van der Waals surface area contributed by atoms with Crippen LogP contribution in [0.4, 0.5) is 4.39 Å². The van der Waals surface area contributed by atoms with Crippen LogP contribution in [0, 0.1) is 12.7 Å². The molecule has 0 aliphatic carbocycles. The van der Waals surface area contributed by atoms with Gasteiger partial charge in [0.15, 0.2) is 5.82 Å². The summed E-state index contributed by atoms with van der Waals surface area (Å²) in [5.41, 5.74) is 1.29. The standard InChI is InChI=1S/C13H11BrClFN4O/c1-6(15)13-18-10-3-8(14)9(16)4-11(10)20(13)5-12-17-7(2)19-21-12/h3-4,6H,5H2,1-2H3. The van der Waals surface area contributed by atoms with E-state index in [4.69, 9.17) is 16.1 Å². The SMILES string of the molecule is Cc1noc(Cn2c(C(C)Cl)nc3cc(Br)c(F)cc32)n1. The van der Waals surface area contributed by atoms with Gasteiger partial charge in [-0.1, -0.05) is 5.16 Å². The van der Waals surface area contributed by atoms with E-state index in [1.165, 1.54) is 6.07 Å².